The largest absolute Gasteiger partial charge is 0.481 e. The number of hydrogen-bond acceptors (Lipinski definition) is 5. The first-order valence-corrected chi connectivity index (χ1v) is 5.73. The van der Waals surface area contributed by atoms with Gasteiger partial charge in [0.2, 0.25) is 5.89 Å². The van der Waals surface area contributed by atoms with Crippen LogP contribution in [0.2, 0.25) is 0 Å². The van der Waals surface area contributed by atoms with Crippen LogP contribution in [-0.2, 0) is 4.79 Å². The lowest BCUT2D eigenvalue weighted by molar-refractivity contribution is -0.138. The Morgan fingerprint density at radius 3 is 2.80 bits per heavy atom. The summed E-state index contributed by atoms with van der Waals surface area (Å²) in [5, 5.41) is 16.8. The molecule has 15 heavy (non-hydrogen) atoms. The fraction of sp³-hybridized carbons (Fsp3) is 0.667. The number of carbonyl (C=O) groups is 1. The van der Waals surface area contributed by atoms with Crippen LogP contribution in [0.15, 0.2) is 9.64 Å². The first kappa shape index (κ1) is 10.5. The average molecular weight is 228 g/mol. The number of aryl methyl sites for hydroxylation is 1. The Morgan fingerprint density at radius 1 is 1.60 bits per heavy atom. The third-order valence-corrected chi connectivity index (χ3v) is 3.66. The molecule has 0 atom stereocenters. The maximum absolute atomic E-state index is 10.6. The van der Waals surface area contributed by atoms with Gasteiger partial charge in [0, 0.05) is 12.7 Å². The van der Waals surface area contributed by atoms with E-state index in [9.17, 15) is 4.79 Å². The Labute approximate surface area is 91.3 Å². The summed E-state index contributed by atoms with van der Waals surface area (Å²) in [4.78, 5) is 10.6. The van der Waals surface area contributed by atoms with Gasteiger partial charge in [0.1, 0.15) is 0 Å². The van der Waals surface area contributed by atoms with Gasteiger partial charge in [0.05, 0.1) is 6.42 Å². The molecule has 0 unspecified atom stereocenters. The quantitative estimate of drug-likeness (QED) is 0.773. The molecule has 0 amide bonds. The van der Waals surface area contributed by atoms with E-state index in [2.05, 4.69) is 10.2 Å². The molecular weight excluding hydrogens is 216 g/mol. The highest BCUT2D eigenvalue weighted by atomic mass is 32.2. The van der Waals surface area contributed by atoms with Crippen molar-refractivity contribution in [2.24, 2.45) is 5.41 Å². The standard InChI is InChI=1S/C9H12N2O3S/c1-6-10-11-8(14-6)15-5-9(2-3-9)4-7(12)13/h2-5H2,1H3,(H,12,13). The van der Waals surface area contributed by atoms with Crippen molar-refractivity contribution in [2.75, 3.05) is 5.75 Å². The molecule has 1 fully saturated rings. The fourth-order valence-electron chi connectivity index (χ4n) is 1.42. The molecular formula is C9H12N2O3S. The van der Waals surface area contributed by atoms with Gasteiger partial charge >= 0.3 is 5.97 Å². The number of aromatic nitrogens is 2. The first-order chi connectivity index (χ1) is 7.10. The highest BCUT2D eigenvalue weighted by Crippen LogP contribution is 2.51. The Hall–Kier alpha value is -1.04. The lowest BCUT2D eigenvalue weighted by atomic mass is 10.1. The third kappa shape index (κ3) is 2.71. The van der Waals surface area contributed by atoms with Crippen LogP contribution in [0.25, 0.3) is 0 Å². The van der Waals surface area contributed by atoms with Crippen molar-refractivity contribution in [3.8, 4) is 0 Å². The van der Waals surface area contributed by atoms with Gasteiger partial charge in [0.15, 0.2) is 0 Å². The minimum Gasteiger partial charge on any atom is -0.481 e. The maximum atomic E-state index is 10.6. The number of carboxylic acid groups (broad SMARTS) is 1. The van der Waals surface area contributed by atoms with Crippen LogP contribution in [0.4, 0.5) is 0 Å². The van der Waals surface area contributed by atoms with Gasteiger partial charge in [-0.1, -0.05) is 11.8 Å². The molecule has 1 aliphatic carbocycles. The second-order valence-corrected chi connectivity index (χ2v) is 4.87. The van der Waals surface area contributed by atoms with Crippen molar-refractivity contribution in [3.05, 3.63) is 5.89 Å². The zero-order valence-corrected chi connectivity index (χ0v) is 9.21. The monoisotopic (exact) mass is 228 g/mol. The zero-order chi connectivity index (χ0) is 10.9. The van der Waals surface area contributed by atoms with Crippen LogP contribution in [-0.4, -0.2) is 27.0 Å². The average Bonchev–Trinajstić information content (AvgIpc) is 2.77. The van der Waals surface area contributed by atoms with Crippen LogP contribution in [0, 0.1) is 12.3 Å². The predicted molar refractivity (Wildman–Crippen MR) is 53.7 cm³/mol. The van der Waals surface area contributed by atoms with Crippen LogP contribution in [0.5, 0.6) is 0 Å². The number of rotatable bonds is 5. The molecule has 0 aliphatic heterocycles. The minimum absolute atomic E-state index is 0.0289. The molecule has 0 spiro atoms. The summed E-state index contributed by atoms with van der Waals surface area (Å²) in [5.41, 5.74) is -0.0289. The normalized spacial score (nSPS) is 17.7. The zero-order valence-electron chi connectivity index (χ0n) is 8.39. The molecule has 0 aromatic carbocycles. The molecule has 82 valence electrons. The summed E-state index contributed by atoms with van der Waals surface area (Å²) in [7, 11) is 0. The number of nitrogens with zero attached hydrogens (tertiary/aromatic N) is 2. The Balaban J connectivity index is 1.85. The Kier molecular flexibility index (Phi) is 2.68. The summed E-state index contributed by atoms with van der Waals surface area (Å²) in [6.45, 7) is 1.74. The van der Waals surface area contributed by atoms with E-state index in [0.717, 1.165) is 18.6 Å². The van der Waals surface area contributed by atoms with Gasteiger partial charge in [-0.15, -0.1) is 10.2 Å². The van der Waals surface area contributed by atoms with Crippen molar-refractivity contribution < 1.29 is 14.3 Å². The molecule has 1 N–H and O–H groups in total. The van der Waals surface area contributed by atoms with E-state index in [-0.39, 0.29) is 11.8 Å². The molecule has 5 nitrogen and oxygen atoms in total. The van der Waals surface area contributed by atoms with E-state index in [1.54, 1.807) is 6.92 Å². The van der Waals surface area contributed by atoms with E-state index in [1.165, 1.54) is 11.8 Å². The van der Waals surface area contributed by atoms with Crippen molar-refractivity contribution in [1.82, 2.24) is 10.2 Å². The minimum atomic E-state index is -0.727. The van der Waals surface area contributed by atoms with E-state index in [1.807, 2.05) is 0 Å². The fourth-order valence-corrected chi connectivity index (χ4v) is 2.52. The topological polar surface area (TPSA) is 76.2 Å². The van der Waals surface area contributed by atoms with E-state index in [4.69, 9.17) is 9.52 Å². The summed E-state index contributed by atoms with van der Waals surface area (Å²) in [6, 6.07) is 0. The van der Waals surface area contributed by atoms with E-state index in [0.29, 0.717) is 11.1 Å². The Bertz CT molecular complexity index is 373. The second-order valence-electron chi connectivity index (χ2n) is 3.95. The molecule has 0 radical (unpaired) electrons. The lowest BCUT2D eigenvalue weighted by Crippen LogP contribution is -2.10. The van der Waals surface area contributed by atoms with Crippen LogP contribution in [0.3, 0.4) is 0 Å². The second kappa shape index (κ2) is 3.84. The highest BCUT2D eigenvalue weighted by Gasteiger charge is 2.44. The van der Waals surface area contributed by atoms with Gasteiger partial charge in [-0.2, -0.15) is 0 Å². The van der Waals surface area contributed by atoms with Gasteiger partial charge in [-0.3, -0.25) is 4.79 Å². The van der Waals surface area contributed by atoms with Gasteiger partial charge in [-0.05, 0) is 18.3 Å². The van der Waals surface area contributed by atoms with Crippen LogP contribution >= 0.6 is 11.8 Å². The maximum Gasteiger partial charge on any atom is 0.303 e. The van der Waals surface area contributed by atoms with E-state index >= 15 is 0 Å². The SMILES string of the molecule is Cc1nnc(SCC2(CC(=O)O)CC2)o1. The van der Waals surface area contributed by atoms with Crippen molar-refractivity contribution in [3.63, 3.8) is 0 Å². The molecule has 1 heterocycles. The van der Waals surface area contributed by atoms with Crippen molar-refractivity contribution >= 4 is 17.7 Å². The molecule has 2 rings (SSSR count). The van der Waals surface area contributed by atoms with Gasteiger partial charge in [-0.25, -0.2) is 0 Å². The van der Waals surface area contributed by atoms with Crippen molar-refractivity contribution in [1.29, 1.82) is 0 Å². The van der Waals surface area contributed by atoms with Gasteiger partial charge in [0.25, 0.3) is 5.22 Å². The molecule has 6 heteroatoms. The molecule has 1 aromatic heterocycles. The molecule has 1 aromatic rings. The number of thioether (sulfide) groups is 1. The molecule has 1 saturated carbocycles. The molecule has 0 saturated heterocycles. The summed E-state index contributed by atoms with van der Waals surface area (Å²) < 4.78 is 5.20. The lowest BCUT2D eigenvalue weighted by Gasteiger charge is -2.08. The van der Waals surface area contributed by atoms with Crippen molar-refractivity contribution in [2.45, 2.75) is 31.4 Å². The van der Waals surface area contributed by atoms with E-state index < -0.39 is 5.97 Å². The number of hydrogen-bond donors (Lipinski definition) is 1. The highest BCUT2D eigenvalue weighted by molar-refractivity contribution is 7.99. The molecule has 1 aliphatic rings. The van der Waals surface area contributed by atoms with Gasteiger partial charge < -0.3 is 9.52 Å². The number of aliphatic carboxylic acids is 1. The van der Waals surface area contributed by atoms with Crippen LogP contribution < -0.4 is 0 Å². The summed E-state index contributed by atoms with van der Waals surface area (Å²) >= 11 is 1.45. The third-order valence-electron chi connectivity index (χ3n) is 2.49. The summed E-state index contributed by atoms with van der Waals surface area (Å²) in [6.07, 6.45) is 2.21. The predicted octanol–water partition coefficient (Wildman–Crippen LogP) is 1.73. The first-order valence-electron chi connectivity index (χ1n) is 4.74. The smallest absolute Gasteiger partial charge is 0.303 e. The Morgan fingerprint density at radius 2 is 2.33 bits per heavy atom. The van der Waals surface area contributed by atoms with Crippen LogP contribution in [0.1, 0.15) is 25.2 Å². The number of carboxylic acids is 1. The molecule has 0 bridgehead atoms. The summed E-state index contributed by atoms with van der Waals surface area (Å²) in [5.74, 6) is 0.566.